The molecular weight excluding hydrogens is 763 g/mol. The molecule has 7 aromatic rings. The summed E-state index contributed by atoms with van der Waals surface area (Å²) in [6, 6.07) is 25.4. The molecule has 0 saturated heterocycles. The number of nitroso groups, excluding NO2 is 1. The lowest BCUT2D eigenvalue weighted by atomic mass is 10.4. The highest BCUT2D eigenvalue weighted by molar-refractivity contribution is 5.85. The van der Waals surface area contributed by atoms with Crippen molar-refractivity contribution in [1.29, 1.82) is 5.26 Å². The molecule has 0 aromatic carbocycles. The number of hydrogen-bond donors (Lipinski definition) is 6. The van der Waals surface area contributed by atoms with Crippen LogP contribution in [0.1, 0.15) is 6.92 Å². The minimum absolute atomic E-state index is 0. The average molecular weight is 804 g/mol. The van der Waals surface area contributed by atoms with Crippen molar-refractivity contribution in [2.75, 3.05) is 35.0 Å². The molecule has 56 heavy (non-hydrogen) atoms. The van der Waals surface area contributed by atoms with E-state index in [1.807, 2.05) is 55.5 Å². The first kappa shape index (κ1) is 46.4. The molecule has 0 bridgehead atoms. The second-order valence-electron chi connectivity index (χ2n) is 9.79. The molecule has 0 aliphatic rings. The lowest BCUT2D eigenvalue weighted by molar-refractivity contribution is 0.269. The second kappa shape index (κ2) is 26.2. The van der Waals surface area contributed by atoms with Crippen LogP contribution in [0.2, 0.25) is 0 Å². The van der Waals surface area contributed by atoms with Crippen molar-refractivity contribution in [3.8, 4) is 23.5 Å². The monoisotopic (exact) mass is 802 g/mol. The molecule has 7 rings (SSSR count). The first-order valence-corrected chi connectivity index (χ1v) is 15.7. The van der Waals surface area contributed by atoms with Gasteiger partial charge < -0.3 is 33.1 Å². The third kappa shape index (κ3) is 14.8. The van der Waals surface area contributed by atoms with E-state index in [2.05, 4.69) is 50.6 Å². The quantitative estimate of drug-likeness (QED) is 0.0414. The number of nitriles is 1. The highest BCUT2D eigenvalue weighted by atomic mass is 35.5. The van der Waals surface area contributed by atoms with E-state index in [1.54, 1.807) is 72.1 Å². The molecule has 292 valence electrons. The number of anilines is 5. The highest BCUT2D eigenvalue weighted by Gasteiger charge is 2.09. The molecule has 11 N–H and O–H groups in total. The molecule has 0 fully saturated rings. The number of rotatable bonds is 7. The number of nitrogens with two attached hydrogens (primary N) is 5. The predicted molar refractivity (Wildman–Crippen MR) is 220 cm³/mol. The Hall–Kier alpha value is -7.60. The number of pyridine rings is 4. The van der Waals surface area contributed by atoms with Crippen LogP contribution in [-0.4, -0.2) is 55.9 Å². The fourth-order valence-electron chi connectivity index (χ4n) is 3.72. The third-order valence-electron chi connectivity index (χ3n) is 6.21. The molecule has 0 amide bonds. The summed E-state index contributed by atoms with van der Waals surface area (Å²) >= 11 is 0. The van der Waals surface area contributed by atoms with Gasteiger partial charge in [-0.05, 0) is 60.6 Å². The van der Waals surface area contributed by atoms with Gasteiger partial charge in [0.2, 0.25) is 0 Å². The van der Waals surface area contributed by atoms with Crippen molar-refractivity contribution < 1.29 is 4.74 Å². The molecule has 0 unspecified atom stereocenters. The van der Waals surface area contributed by atoms with Gasteiger partial charge in [0.25, 0.3) is 0 Å². The van der Waals surface area contributed by atoms with E-state index in [4.69, 9.17) is 34.0 Å². The van der Waals surface area contributed by atoms with Crippen molar-refractivity contribution >= 4 is 59.5 Å². The van der Waals surface area contributed by atoms with Gasteiger partial charge in [0, 0.05) is 30.9 Å². The fourth-order valence-corrected chi connectivity index (χ4v) is 3.72. The molecule has 7 aromatic heterocycles. The summed E-state index contributed by atoms with van der Waals surface area (Å²) in [4.78, 5) is 26.4. The first-order chi connectivity index (χ1) is 26.3. The number of ether oxygens (including phenoxy) is 1. The zero-order valence-electron chi connectivity index (χ0n) is 29.8. The maximum atomic E-state index is 10.3. The highest BCUT2D eigenvalue weighted by Crippen LogP contribution is 2.22. The summed E-state index contributed by atoms with van der Waals surface area (Å²) in [5, 5.41) is 22.5. The summed E-state index contributed by atoms with van der Waals surface area (Å²) in [6.07, 6.45) is 13.8. The van der Waals surface area contributed by atoms with Crippen LogP contribution in [0.4, 0.5) is 34.6 Å². The molecule has 7 heterocycles. The number of hydrazine groups is 1. The molecule has 0 spiro atoms. The van der Waals surface area contributed by atoms with Crippen molar-refractivity contribution in [2.24, 2.45) is 11.0 Å². The lowest BCUT2D eigenvalue weighted by Gasteiger charge is -2.01. The first-order valence-electron chi connectivity index (χ1n) is 15.7. The van der Waals surface area contributed by atoms with Crippen LogP contribution in [0.5, 0.6) is 0 Å². The molecule has 0 saturated carbocycles. The standard InChI is InChI=1S/C8H7N5O.C8H9N5.C8H8N4.C5H7N3.C5H7NO.2ClH/c9-8-6(12-14)5-11-13(8)7-3-1-2-4-10-7;9-6-5-12-13(8(6)10)7-3-1-2-4-11-7;9-7-4-6-11-12(7)8-3-1-2-5-10-8;6-8-5-3-1-2-4-7-5;1-2-7-5-3-4-6;;/h1-5H,9H2;1-5H,9-10H2;1-6H,9H2;1-4H,6H2,(H,7,8);3,5H,2H2,1H3;2*1H. The Bertz CT molecular complexity index is 2160. The number of hydrogen-bond acceptors (Lipinski definition) is 17. The van der Waals surface area contributed by atoms with Crippen LogP contribution in [0, 0.1) is 16.2 Å². The number of nitrogen functional groups attached to an aromatic ring is 5. The van der Waals surface area contributed by atoms with Gasteiger partial charge in [0.1, 0.15) is 11.6 Å². The van der Waals surface area contributed by atoms with Crippen LogP contribution in [0.3, 0.4) is 0 Å². The van der Waals surface area contributed by atoms with E-state index in [1.165, 1.54) is 34.1 Å². The summed E-state index contributed by atoms with van der Waals surface area (Å²) < 4.78 is 9.11. The van der Waals surface area contributed by atoms with E-state index in [-0.39, 0.29) is 36.3 Å². The molecule has 0 aliphatic carbocycles. The number of halogens is 2. The minimum atomic E-state index is 0. The Morgan fingerprint density at radius 3 is 1.59 bits per heavy atom. The summed E-state index contributed by atoms with van der Waals surface area (Å²) in [7, 11) is 0. The van der Waals surface area contributed by atoms with E-state index in [9.17, 15) is 4.91 Å². The summed E-state index contributed by atoms with van der Waals surface area (Å²) in [5.41, 5.74) is 25.5. The predicted octanol–water partition coefficient (Wildman–Crippen LogP) is 4.80. The van der Waals surface area contributed by atoms with Crippen LogP contribution in [0.15, 0.2) is 140 Å². The van der Waals surface area contributed by atoms with Gasteiger partial charge in [0.15, 0.2) is 34.8 Å². The number of nitrogens with one attached hydrogen (secondary N) is 1. The molecule has 0 radical (unpaired) electrons. The largest absolute Gasteiger partial charge is 0.501 e. The summed E-state index contributed by atoms with van der Waals surface area (Å²) in [5.74, 6) is 8.88. The van der Waals surface area contributed by atoms with Crippen molar-refractivity contribution in [3.05, 3.63) is 139 Å². The van der Waals surface area contributed by atoms with Gasteiger partial charge in [0.05, 0.1) is 49.3 Å². The van der Waals surface area contributed by atoms with Gasteiger partial charge in [-0.15, -0.1) is 29.7 Å². The molecule has 0 atom stereocenters. The molecule has 0 aliphatic heterocycles. The Kier molecular flexibility index (Phi) is 21.7. The third-order valence-corrected chi connectivity index (χ3v) is 6.21. The zero-order chi connectivity index (χ0) is 39.0. The van der Waals surface area contributed by atoms with E-state index in [0.29, 0.717) is 41.4 Å². The van der Waals surface area contributed by atoms with Gasteiger partial charge >= 0.3 is 0 Å². The number of allylic oxidation sites excluding steroid dienone is 1. The molecule has 20 nitrogen and oxygen atoms in total. The number of aromatic nitrogens is 10. The van der Waals surface area contributed by atoms with Gasteiger partial charge in [-0.2, -0.15) is 34.6 Å². The fraction of sp³-hybridized carbons (Fsp3) is 0.0588. The topological polar surface area (TPSA) is 310 Å². The van der Waals surface area contributed by atoms with Crippen molar-refractivity contribution in [1.82, 2.24) is 49.3 Å². The van der Waals surface area contributed by atoms with Crippen LogP contribution >= 0.6 is 24.8 Å². The van der Waals surface area contributed by atoms with E-state index < -0.39 is 0 Å². The Labute approximate surface area is 333 Å². The summed E-state index contributed by atoms with van der Waals surface area (Å²) in [6.45, 7) is 2.49. The van der Waals surface area contributed by atoms with Crippen LogP contribution < -0.4 is 34.2 Å². The van der Waals surface area contributed by atoms with Crippen molar-refractivity contribution in [2.45, 2.75) is 6.92 Å². The maximum absolute atomic E-state index is 10.3. The van der Waals surface area contributed by atoms with E-state index >= 15 is 0 Å². The van der Waals surface area contributed by atoms with Gasteiger partial charge in [-0.3, -0.25) is 0 Å². The molecular formula is C34H40Cl2N18O2. The van der Waals surface area contributed by atoms with Crippen molar-refractivity contribution in [3.63, 3.8) is 0 Å². The SMILES string of the molecule is CCOC=CC#N.Cl.Cl.NNc1ccccn1.Nc1c(N=O)cnn1-c1ccccn1.Nc1ccnn1-c1ccccn1.Nc1cnn(-c2ccccn2)c1N. The smallest absolute Gasteiger partial charge is 0.170 e. The lowest BCUT2D eigenvalue weighted by Crippen LogP contribution is -2.07. The zero-order valence-corrected chi connectivity index (χ0v) is 31.4. The Morgan fingerprint density at radius 1 is 0.714 bits per heavy atom. The number of nitrogens with zero attached hydrogens (tertiary/aromatic N) is 12. The average Bonchev–Trinajstić information content (AvgIpc) is 3.94. The normalized spacial score (nSPS) is 9.30. The van der Waals surface area contributed by atoms with Crippen LogP contribution in [0.25, 0.3) is 17.5 Å². The maximum Gasteiger partial charge on any atom is 0.170 e. The molecule has 22 heteroatoms. The van der Waals surface area contributed by atoms with E-state index in [0.717, 1.165) is 5.82 Å². The Balaban J connectivity index is 0.000000355. The van der Waals surface area contributed by atoms with Gasteiger partial charge in [-0.25, -0.2) is 25.8 Å². The van der Waals surface area contributed by atoms with Gasteiger partial charge in [-0.1, -0.05) is 24.3 Å². The Morgan fingerprint density at radius 2 is 1.23 bits per heavy atom. The van der Waals surface area contributed by atoms with Crippen LogP contribution in [-0.2, 0) is 4.74 Å². The second-order valence-corrected chi connectivity index (χ2v) is 9.79. The minimum Gasteiger partial charge on any atom is -0.501 e.